The van der Waals surface area contributed by atoms with E-state index in [4.69, 9.17) is 11.6 Å². The molecule has 0 spiro atoms. The zero-order valence-electron chi connectivity index (χ0n) is 10.4. The fraction of sp³-hybridized carbons (Fsp3) is 0.500. The first kappa shape index (κ1) is 13.9. The molecular formula is C14H17BrClNO. The molecule has 2 atom stereocenters. The summed E-state index contributed by atoms with van der Waals surface area (Å²) in [6, 6.07) is 7.84. The fourth-order valence-electron chi connectivity index (χ4n) is 2.48. The zero-order chi connectivity index (χ0) is 13.1. The Morgan fingerprint density at radius 1 is 1.50 bits per heavy atom. The molecule has 1 aliphatic heterocycles. The molecule has 0 N–H and O–H groups in total. The highest BCUT2D eigenvalue weighted by molar-refractivity contribution is 9.10. The smallest absolute Gasteiger partial charge is 0.254 e. The van der Waals surface area contributed by atoms with Crippen LogP contribution in [0.1, 0.15) is 36.5 Å². The van der Waals surface area contributed by atoms with Gasteiger partial charge in [-0.15, -0.1) is 11.6 Å². The third-order valence-corrected chi connectivity index (χ3v) is 4.03. The highest BCUT2D eigenvalue weighted by atomic mass is 79.9. The summed E-state index contributed by atoms with van der Waals surface area (Å²) in [6.07, 6.45) is 3.03. The van der Waals surface area contributed by atoms with Crippen molar-refractivity contribution in [3.05, 3.63) is 34.3 Å². The standard InChI is InChI=1S/C14H17BrClNO/c1-10(16)9-13-3-2-8-17(13)14(18)11-4-6-12(15)7-5-11/h4-7,10,13H,2-3,8-9H2,1H3. The molecular weight excluding hydrogens is 314 g/mol. The minimum Gasteiger partial charge on any atom is -0.336 e. The van der Waals surface area contributed by atoms with E-state index in [0.717, 1.165) is 35.8 Å². The van der Waals surface area contributed by atoms with Crippen LogP contribution in [-0.2, 0) is 0 Å². The Hall–Kier alpha value is -0.540. The summed E-state index contributed by atoms with van der Waals surface area (Å²) in [5.41, 5.74) is 0.757. The molecule has 0 saturated carbocycles. The van der Waals surface area contributed by atoms with Crippen LogP contribution in [-0.4, -0.2) is 28.8 Å². The number of alkyl halides is 1. The van der Waals surface area contributed by atoms with Crippen LogP contribution in [0.2, 0.25) is 0 Å². The highest BCUT2D eigenvalue weighted by Gasteiger charge is 2.29. The second-order valence-corrected chi connectivity index (χ2v) is 6.48. The van der Waals surface area contributed by atoms with Crippen LogP contribution in [0.4, 0.5) is 0 Å². The van der Waals surface area contributed by atoms with Crippen molar-refractivity contribution in [2.75, 3.05) is 6.54 Å². The monoisotopic (exact) mass is 329 g/mol. The van der Waals surface area contributed by atoms with Crippen LogP contribution in [0.3, 0.4) is 0 Å². The number of hydrogen-bond donors (Lipinski definition) is 0. The number of amides is 1. The molecule has 2 unspecified atom stereocenters. The van der Waals surface area contributed by atoms with Crippen molar-refractivity contribution in [1.82, 2.24) is 4.90 Å². The molecule has 2 rings (SSSR count). The maximum atomic E-state index is 12.4. The fourth-order valence-corrected chi connectivity index (χ4v) is 2.95. The Morgan fingerprint density at radius 2 is 2.17 bits per heavy atom. The van der Waals surface area contributed by atoms with E-state index in [9.17, 15) is 4.79 Å². The molecule has 98 valence electrons. The van der Waals surface area contributed by atoms with Gasteiger partial charge in [0.1, 0.15) is 0 Å². The lowest BCUT2D eigenvalue weighted by Gasteiger charge is -2.25. The van der Waals surface area contributed by atoms with Crippen LogP contribution >= 0.6 is 27.5 Å². The summed E-state index contributed by atoms with van der Waals surface area (Å²) in [7, 11) is 0. The summed E-state index contributed by atoms with van der Waals surface area (Å²) in [6.45, 7) is 2.84. The lowest BCUT2D eigenvalue weighted by molar-refractivity contribution is 0.0731. The van der Waals surface area contributed by atoms with Crippen molar-refractivity contribution >= 4 is 33.4 Å². The predicted octanol–water partition coefficient (Wildman–Crippen LogP) is 4.07. The highest BCUT2D eigenvalue weighted by Crippen LogP contribution is 2.25. The Morgan fingerprint density at radius 3 is 2.78 bits per heavy atom. The number of benzene rings is 1. The van der Waals surface area contributed by atoms with Gasteiger partial charge < -0.3 is 4.90 Å². The first-order valence-electron chi connectivity index (χ1n) is 6.28. The summed E-state index contributed by atoms with van der Waals surface area (Å²) < 4.78 is 0.992. The van der Waals surface area contributed by atoms with E-state index in [1.807, 2.05) is 36.1 Å². The van der Waals surface area contributed by atoms with Gasteiger partial charge in [-0.1, -0.05) is 15.9 Å². The van der Waals surface area contributed by atoms with Crippen molar-refractivity contribution in [2.24, 2.45) is 0 Å². The van der Waals surface area contributed by atoms with Crippen LogP contribution in [0.25, 0.3) is 0 Å². The van der Waals surface area contributed by atoms with Gasteiger partial charge in [-0.25, -0.2) is 0 Å². The number of halogens is 2. The van der Waals surface area contributed by atoms with E-state index in [1.54, 1.807) is 0 Å². The van der Waals surface area contributed by atoms with Crippen molar-refractivity contribution in [3.63, 3.8) is 0 Å². The summed E-state index contributed by atoms with van der Waals surface area (Å²) >= 11 is 9.43. The average Bonchev–Trinajstić information content (AvgIpc) is 2.76. The van der Waals surface area contributed by atoms with Gasteiger partial charge in [0.25, 0.3) is 5.91 Å². The van der Waals surface area contributed by atoms with Crippen molar-refractivity contribution in [1.29, 1.82) is 0 Å². The van der Waals surface area contributed by atoms with E-state index in [1.165, 1.54) is 0 Å². The number of rotatable bonds is 3. The number of carbonyl (C=O) groups excluding carboxylic acids is 1. The molecule has 1 fully saturated rings. The van der Waals surface area contributed by atoms with Crippen molar-refractivity contribution in [3.8, 4) is 0 Å². The molecule has 18 heavy (non-hydrogen) atoms. The molecule has 1 aliphatic rings. The van der Waals surface area contributed by atoms with Gasteiger partial charge in [0.15, 0.2) is 0 Å². The van der Waals surface area contributed by atoms with Gasteiger partial charge in [0.05, 0.1) is 0 Å². The maximum Gasteiger partial charge on any atom is 0.254 e. The number of likely N-dealkylation sites (tertiary alicyclic amines) is 1. The lowest BCUT2D eigenvalue weighted by Crippen LogP contribution is -2.36. The third-order valence-electron chi connectivity index (χ3n) is 3.33. The molecule has 1 aromatic carbocycles. The van der Waals surface area contributed by atoms with E-state index in [-0.39, 0.29) is 11.3 Å². The molecule has 4 heteroatoms. The number of nitrogens with zero attached hydrogens (tertiary/aromatic N) is 1. The van der Waals surface area contributed by atoms with E-state index >= 15 is 0 Å². The van der Waals surface area contributed by atoms with Gasteiger partial charge in [-0.3, -0.25) is 4.79 Å². The van der Waals surface area contributed by atoms with E-state index in [0.29, 0.717) is 6.04 Å². The average molecular weight is 331 g/mol. The van der Waals surface area contributed by atoms with Crippen molar-refractivity contribution in [2.45, 2.75) is 37.6 Å². The maximum absolute atomic E-state index is 12.4. The quantitative estimate of drug-likeness (QED) is 0.765. The normalized spacial score (nSPS) is 21.1. The third kappa shape index (κ3) is 3.27. The summed E-state index contributed by atoms with van der Waals surface area (Å²) in [5, 5.41) is 0.119. The van der Waals surface area contributed by atoms with Crippen molar-refractivity contribution < 1.29 is 4.79 Å². The Labute approximate surface area is 121 Å². The van der Waals surface area contributed by atoms with Crippen LogP contribution in [0.5, 0.6) is 0 Å². The first-order chi connectivity index (χ1) is 8.58. The lowest BCUT2D eigenvalue weighted by atomic mass is 10.1. The van der Waals surface area contributed by atoms with Crippen LogP contribution in [0, 0.1) is 0 Å². The largest absolute Gasteiger partial charge is 0.336 e. The summed E-state index contributed by atoms with van der Waals surface area (Å²) in [5.74, 6) is 0.127. The molecule has 2 nitrogen and oxygen atoms in total. The van der Waals surface area contributed by atoms with Gasteiger partial charge >= 0.3 is 0 Å². The predicted molar refractivity (Wildman–Crippen MR) is 78.1 cm³/mol. The molecule has 0 radical (unpaired) electrons. The first-order valence-corrected chi connectivity index (χ1v) is 7.51. The minimum absolute atomic E-state index is 0.119. The second-order valence-electron chi connectivity index (χ2n) is 4.82. The number of carbonyl (C=O) groups is 1. The molecule has 1 saturated heterocycles. The minimum atomic E-state index is 0.119. The van der Waals surface area contributed by atoms with E-state index in [2.05, 4.69) is 15.9 Å². The molecule has 0 bridgehead atoms. The zero-order valence-corrected chi connectivity index (χ0v) is 12.7. The van der Waals surface area contributed by atoms with Crippen LogP contribution < -0.4 is 0 Å². The number of hydrogen-bond acceptors (Lipinski definition) is 1. The SMILES string of the molecule is CC(Cl)CC1CCCN1C(=O)c1ccc(Br)cc1. The van der Waals surface area contributed by atoms with Gasteiger partial charge in [0.2, 0.25) is 0 Å². The van der Waals surface area contributed by atoms with E-state index < -0.39 is 0 Å². The van der Waals surface area contributed by atoms with Crippen LogP contribution in [0.15, 0.2) is 28.7 Å². The second kappa shape index (κ2) is 6.07. The summed E-state index contributed by atoms with van der Waals surface area (Å²) in [4.78, 5) is 14.4. The molecule has 0 aliphatic carbocycles. The Kier molecular flexibility index (Phi) is 4.68. The van der Waals surface area contributed by atoms with Gasteiger partial charge in [-0.05, 0) is 50.5 Å². The molecule has 1 amide bonds. The Bertz CT molecular complexity index is 418. The molecule has 1 heterocycles. The molecule has 1 aromatic rings. The van der Waals surface area contributed by atoms with Gasteiger partial charge in [0, 0.05) is 28.0 Å². The van der Waals surface area contributed by atoms with Gasteiger partial charge in [-0.2, -0.15) is 0 Å². The topological polar surface area (TPSA) is 20.3 Å². The Balaban J connectivity index is 2.10. The molecule has 0 aromatic heterocycles.